The van der Waals surface area contributed by atoms with E-state index in [0.717, 1.165) is 11.1 Å². The fraction of sp³-hybridized carbons (Fsp3) is 0.143. The third kappa shape index (κ3) is 3.59. The fourth-order valence-corrected chi connectivity index (χ4v) is 5.02. The van der Waals surface area contributed by atoms with Gasteiger partial charge < -0.3 is 5.73 Å². The lowest BCUT2D eigenvalue weighted by Gasteiger charge is -2.14. The molecule has 0 fully saturated rings. The molecule has 0 bridgehead atoms. The first kappa shape index (κ1) is 16.3. The van der Waals surface area contributed by atoms with Crippen LogP contribution in [0.25, 0.3) is 0 Å². The molecule has 4 nitrogen and oxygen atoms in total. The first-order chi connectivity index (χ1) is 9.70. The number of rotatable bonds is 3. The minimum atomic E-state index is -3.73. The van der Waals surface area contributed by atoms with Crippen molar-refractivity contribution >= 4 is 53.3 Å². The first-order valence-electron chi connectivity index (χ1n) is 6.05. The summed E-state index contributed by atoms with van der Waals surface area (Å²) in [7, 11) is -3.73. The molecule has 112 valence electrons. The fourth-order valence-electron chi connectivity index (χ4n) is 1.96. The Bertz CT molecular complexity index is 782. The number of hydrogen-bond acceptors (Lipinski definition) is 3. The summed E-state index contributed by atoms with van der Waals surface area (Å²) in [6, 6.07) is 8.44. The molecule has 0 aliphatic rings. The number of benzene rings is 2. The molecule has 2 aromatic rings. The van der Waals surface area contributed by atoms with Crippen LogP contribution in [-0.4, -0.2) is 8.42 Å². The van der Waals surface area contributed by atoms with Crippen molar-refractivity contribution in [3.8, 4) is 0 Å². The highest BCUT2D eigenvalue weighted by Crippen LogP contribution is 2.32. The number of nitrogens with two attached hydrogens (primary N) is 1. The molecule has 0 radical (unpaired) electrons. The van der Waals surface area contributed by atoms with Crippen molar-refractivity contribution in [2.24, 2.45) is 0 Å². The third-order valence-corrected chi connectivity index (χ3v) is 5.88. The summed E-state index contributed by atoms with van der Waals surface area (Å²) in [5.74, 6) is 0. The van der Waals surface area contributed by atoms with Gasteiger partial charge in [0.15, 0.2) is 0 Å². The highest BCUT2D eigenvalue weighted by Gasteiger charge is 2.20. The molecular weight excluding hydrogens is 420 g/mol. The van der Waals surface area contributed by atoms with Crippen LogP contribution in [0, 0.1) is 13.8 Å². The maximum absolute atomic E-state index is 12.5. The van der Waals surface area contributed by atoms with Crippen molar-refractivity contribution < 1.29 is 8.42 Å². The van der Waals surface area contributed by atoms with Crippen LogP contribution in [0.5, 0.6) is 0 Å². The zero-order valence-corrected chi connectivity index (χ0v) is 15.4. The van der Waals surface area contributed by atoms with Gasteiger partial charge >= 0.3 is 0 Å². The Hall–Kier alpha value is -1.05. The minimum Gasteiger partial charge on any atom is -0.399 e. The van der Waals surface area contributed by atoms with Gasteiger partial charge in [-0.1, -0.05) is 6.07 Å². The van der Waals surface area contributed by atoms with Crippen molar-refractivity contribution in [1.29, 1.82) is 0 Å². The van der Waals surface area contributed by atoms with Gasteiger partial charge in [0.1, 0.15) is 4.90 Å². The van der Waals surface area contributed by atoms with E-state index < -0.39 is 10.0 Å². The van der Waals surface area contributed by atoms with Gasteiger partial charge in [0, 0.05) is 14.6 Å². The second-order valence-electron chi connectivity index (χ2n) is 4.73. The molecule has 0 saturated carbocycles. The Labute approximate surface area is 141 Å². The predicted octanol–water partition coefficient (Wildman–Crippen LogP) is 4.21. The minimum absolute atomic E-state index is 0.106. The SMILES string of the molecule is Cc1cc(C)c(NS(=O)(=O)c2cc(N)ccc2Br)c(Br)c1. The molecule has 21 heavy (non-hydrogen) atoms. The van der Waals surface area contributed by atoms with Crippen molar-refractivity contribution in [3.05, 3.63) is 50.4 Å². The van der Waals surface area contributed by atoms with Gasteiger partial charge in [0.25, 0.3) is 10.0 Å². The molecule has 0 atom stereocenters. The van der Waals surface area contributed by atoms with Crippen LogP contribution in [0.4, 0.5) is 11.4 Å². The lowest BCUT2D eigenvalue weighted by molar-refractivity contribution is 0.600. The average molecular weight is 434 g/mol. The molecule has 3 N–H and O–H groups in total. The van der Waals surface area contributed by atoms with Gasteiger partial charge in [-0.05, 0) is 81.1 Å². The number of sulfonamides is 1. The zero-order chi connectivity index (χ0) is 15.8. The molecule has 0 amide bonds. The van der Waals surface area contributed by atoms with Crippen molar-refractivity contribution in [3.63, 3.8) is 0 Å². The number of anilines is 2. The van der Waals surface area contributed by atoms with E-state index in [9.17, 15) is 8.42 Å². The van der Waals surface area contributed by atoms with Crippen LogP contribution in [0.3, 0.4) is 0 Å². The van der Waals surface area contributed by atoms with Gasteiger partial charge in [0.05, 0.1) is 5.69 Å². The topological polar surface area (TPSA) is 72.2 Å². The quantitative estimate of drug-likeness (QED) is 0.712. The van der Waals surface area contributed by atoms with E-state index in [-0.39, 0.29) is 4.90 Å². The lowest BCUT2D eigenvalue weighted by atomic mass is 10.1. The summed E-state index contributed by atoms with van der Waals surface area (Å²) in [6.07, 6.45) is 0. The van der Waals surface area contributed by atoms with Crippen LogP contribution in [0.15, 0.2) is 44.2 Å². The van der Waals surface area contributed by atoms with Crippen LogP contribution >= 0.6 is 31.9 Å². The lowest BCUT2D eigenvalue weighted by Crippen LogP contribution is -2.15. The number of halogens is 2. The Morgan fingerprint density at radius 2 is 1.71 bits per heavy atom. The summed E-state index contributed by atoms with van der Waals surface area (Å²) in [4.78, 5) is 0.106. The standard InChI is InChI=1S/C14H14Br2N2O2S/c1-8-5-9(2)14(12(16)6-8)18-21(19,20)13-7-10(17)3-4-11(13)15/h3-7,18H,17H2,1-2H3. The molecule has 2 aromatic carbocycles. The van der Waals surface area contributed by atoms with Crippen LogP contribution in [0.2, 0.25) is 0 Å². The van der Waals surface area contributed by atoms with E-state index in [1.54, 1.807) is 12.1 Å². The Kier molecular flexibility index (Phi) is 4.65. The number of aryl methyl sites for hydroxylation is 2. The van der Waals surface area contributed by atoms with Crippen LogP contribution in [0.1, 0.15) is 11.1 Å². The number of hydrogen-bond donors (Lipinski definition) is 2. The number of nitrogen functional groups attached to an aromatic ring is 1. The van der Waals surface area contributed by atoms with E-state index in [0.29, 0.717) is 20.3 Å². The largest absolute Gasteiger partial charge is 0.399 e. The molecule has 0 saturated heterocycles. The average Bonchev–Trinajstić information content (AvgIpc) is 2.36. The molecule has 0 unspecified atom stereocenters. The monoisotopic (exact) mass is 432 g/mol. The molecule has 2 rings (SSSR count). The molecule has 0 aromatic heterocycles. The second kappa shape index (κ2) is 5.98. The van der Waals surface area contributed by atoms with Gasteiger partial charge in [-0.15, -0.1) is 0 Å². The van der Waals surface area contributed by atoms with E-state index in [4.69, 9.17) is 5.73 Å². The van der Waals surface area contributed by atoms with Crippen molar-refractivity contribution in [1.82, 2.24) is 0 Å². The summed E-state index contributed by atoms with van der Waals surface area (Å²) in [6.45, 7) is 3.80. The summed E-state index contributed by atoms with van der Waals surface area (Å²) in [5, 5.41) is 0. The molecule has 7 heteroatoms. The highest BCUT2D eigenvalue weighted by molar-refractivity contribution is 9.11. The predicted molar refractivity (Wildman–Crippen MR) is 93.0 cm³/mol. The Morgan fingerprint density at radius 3 is 2.33 bits per heavy atom. The molecule has 0 aliphatic carbocycles. The Morgan fingerprint density at radius 1 is 1.05 bits per heavy atom. The van der Waals surface area contributed by atoms with Gasteiger partial charge in [-0.3, -0.25) is 4.72 Å². The van der Waals surface area contributed by atoms with E-state index >= 15 is 0 Å². The number of nitrogens with one attached hydrogen (secondary N) is 1. The maximum Gasteiger partial charge on any atom is 0.263 e. The van der Waals surface area contributed by atoms with Crippen LogP contribution in [-0.2, 0) is 10.0 Å². The van der Waals surface area contributed by atoms with Gasteiger partial charge in [-0.25, -0.2) is 8.42 Å². The molecular formula is C14H14Br2N2O2S. The van der Waals surface area contributed by atoms with Gasteiger partial charge in [-0.2, -0.15) is 0 Å². The first-order valence-corrected chi connectivity index (χ1v) is 9.12. The molecule has 0 aliphatic heterocycles. The summed E-state index contributed by atoms with van der Waals surface area (Å²) < 4.78 is 28.9. The van der Waals surface area contributed by atoms with Crippen molar-refractivity contribution in [2.75, 3.05) is 10.5 Å². The normalized spacial score (nSPS) is 11.4. The van der Waals surface area contributed by atoms with E-state index in [2.05, 4.69) is 36.6 Å². The smallest absolute Gasteiger partial charge is 0.263 e. The zero-order valence-electron chi connectivity index (χ0n) is 11.4. The van der Waals surface area contributed by atoms with Gasteiger partial charge in [0.2, 0.25) is 0 Å². The third-order valence-electron chi connectivity index (χ3n) is 2.91. The van der Waals surface area contributed by atoms with Crippen molar-refractivity contribution in [2.45, 2.75) is 18.7 Å². The van der Waals surface area contributed by atoms with Crippen LogP contribution < -0.4 is 10.5 Å². The Balaban J connectivity index is 2.50. The summed E-state index contributed by atoms with van der Waals surface area (Å²) >= 11 is 6.63. The van der Waals surface area contributed by atoms with E-state index in [1.165, 1.54) is 6.07 Å². The molecule has 0 spiro atoms. The summed E-state index contributed by atoms with van der Waals surface area (Å²) in [5.41, 5.74) is 8.47. The molecule has 0 heterocycles. The van der Waals surface area contributed by atoms with E-state index in [1.807, 2.05) is 26.0 Å². The highest BCUT2D eigenvalue weighted by atomic mass is 79.9. The second-order valence-corrected chi connectivity index (χ2v) is 8.09. The maximum atomic E-state index is 12.5.